The van der Waals surface area contributed by atoms with Gasteiger partial charge >= 0.3 is 0 Å². The molecular formula is C14H21ClN2O2. The number of carbonyl (C=O) groups excluding carboxylic acids is 1. The van der Waals surface area contributed by atoms with Crippen LogP contribution in [-0.4, -0.2) is 36.5 Å². The van der Waals surface area contributed by atoms with Gasteiger partial charge in [-0.05, 0) is 31.0 Å². The van der Waals surface area contributed by atoms with Gasteiger partial charge in [-0.15, -0.1) is 12.4 Å². The third-order valence-electron chi connectivity index (χ3n) is 3.15. The van der Waals surface area contributed by atoms with E-state index in [9.17, 15) is 4.79 Å². The summed E-state index contributed by atoms with van der Waals surface area (Å²) in [5.41, 5.74) is 6.93. The van der Waals surface area contributed by atoms with Gasteiger partial charge in [0.1, 0.15) is 5.75 Å². The van der Waals surface area contributed by atoms with Crippen molar-refractivity contribution in [2.45, 2.75) is 25.8 Å². The molecule has 1 aliphatic rings. The number of hydrogen-bond donors (Lipinski definition) is 1. The average Bonchev–Trinajstić information content (AvgIpc) is 2.76. The first-order chi connectivity index (χ1) is 8.65. The van der Waals surface area contributed by atoms with E-state index in [1.165, 1.54) is 0 Å². The monoisotopic (exact) mass is 284 g/mol. The third kappa shape index (κ3) is 4.73. The van der Waals surface area contributed by atoms with Crippen LogP contribution in [0.2, 0.25) is 0 Å². The first-order valence-corrected chi connectivity index (χ1v) is 6.38. The Morgan fingerprint density at radius 2 is 2.32 bits per heavy atom. The summed E-state index contributed by atoms with van der Waals surface area (Å²) < 4.78 is 5.57. The molecule has 1 aromatic rings. The molecular weight excluding hydrogens is 264 g/mol. The zero-order valence-electron chi connectivity index (χ0n) is 11.2. The summed E-state index contributed by atoms with van der Waals surface area (Å²) in [4.78, 5) is 13.7. The fourth-order valence-corrected chi connectivity index (χ4v) is 2.13. The summed E-state index contributed by atoms with van der Waals surface area (Å²) in [5, 5.41) is 0. The van der Waals surface area contributed by atoms with Crippen LogP contribution in [0.25, 0.3) is 0 Å². The zero-order valence-corrected chi connectivity index (χ0v) is 12.0. The SMILES string of the molecule is Cc1cccc(OCCC(=O)N2CC[C@H](N)C2)c1.Cl. The summed E-state index contributed by atoms with van der Waals surface area (Å²) in [6, 6.07) is 7.99. The van der Waals surface area contributed by atoms with Crippen molar-refractivity contribution in [3.8, 4) is 5.75 Å². The third-order valence-corrected chi connectivity index (χ3v) is 3.15. The maximum Gasteiger partial charge on any atom is 0.226 e. The molecule has 1 fully saturated rings. The molecule has 0 unspecified atom stereocenters. The van der Waals surface area contributed by atoms with Gasteiger partial charge in [-0.25, -0.2) is 0 Å². The van der Waals surface area contributed by atoms with Gasteiger partial charge in [-0.3, -0.25) is 4.79 Å². The average molecular weight is 285 g/mol. The molecule has 1 saturated heterocycles. The Kier molecular flexibility index (Phi) is 6.12. The predicted molar refractivity (Wildman–Crippen MR) is 77.7 cm³/mol. The summed E-state index contributed by atoms with van der Waals surface area (Å²) in [5.74, 6) is 0.955. The van der Waals surface area contributed by atoms with Gasteiger partial charge in [-0.2, -0.15) is 0 Å². The topological polar surface area (TPSA) is 55.6 Å². The van der Waals surface area contributed by atoms with Gasteiger partial charge in [-0.1, -0.05) is 12.1 Å². The first-order valence-electron chi connectivity index (χ1n) is 6.38. The molecule has 1 heterocycles. The highest BCUT2D eigenvalue weighted by Gasteiger charge is 2.22. The summed E-state index contributed by atoms with van der Waals surface area (Å²) in [6.07, 6.45) is 1.32. The fourth-order valence-electron chi connectivity index (χ4n) is 2.13. The lowest BCUT2D eigenvalue weighted by Crippen LogP contribution is -2.32. The first kappa shape index (κ1) is 15.8. The smallest absolute Gasteiger partial charge is 0.226 e. The van der Waals surface area contributed by atoms with Gasteiger partial charge in [0, 0.05) is 19.1 Å². The molecule has 0 saturated carbocycles. The van der Waals surface area contributed by atoms with E-state index < -0.39 is 0 Å². The minimum absolute atomic E-state index is 0. The molecule has 0 aromatic heterocycles. The quantitative estimate of drug-likeness (QED) is 0.916. The maximum absolute atomic E-state index is 11.8. The van der Waals surface area contributed by atoms with Gasteiger partial charge < -0.3 is 15.4 Å². The second-order valence-electron chi connectivity index (χ2n) is 4.80. The molecule has 19 heavy (non-hydrogen) atoms. The Morgan fingerprint density at radius 3 is 2.95 bits per heavy atom. The lowest BCUT2D eigenvalue weighted by atomic mass is 10.2. The van der Waals surface area contributed by atoms with E-state index in [1.54, 1.807) is 0 Å². The van der Waals surface area contributed by atoms with Gasteiger partial charge in [0.25, 0.3) is 0 Å². The number of benzene rings is 1. The molecule has 0 radical (unpaired) electrons. The molecule has 106 valence electrons. The lowest BCUT2D eigenvalue weighted by molar-refractivity contribution is -0.130. The van der Waals surface area contributed by atoms with E-state index in [4.69, 9.17) is 10.5 Å². The zero-order chi connectivity index (χ0) is 13.0. The van der Waals surface area contributed by atoms with Crippen molar-refractivity contribution in [3.05, 3.63) is 29.8 Å². The minimum atomic E-state index is 0. The number of carbonyl (C=O) groups is 1. The van der Waals surface area contributed by atoms with Crippen molar-refractivity contribution in [1.29, 1.82) is 0 Å². The van der Waals surface area contributed by atoms with Crippen molar-refractivity contribution in [1.82, 2.24) is 4.90 Å². The molecule has 4 nitrogen and oxygen atoms in total. The highest BCUT2D eigenvalue weighted by Crippen LogP contribution is 2.13. The Labute approximate surface area is 120 Å². The van der Waals surface area contributed by atoms with Crippen LogP contribution in [-0.2, 0) is 4.79 Å². The number of amides is 1. The number of nitrogens with two attached hydrogens (primary N) is 1. The lowest BCUT2D eigenvalue weighted by Gasteiger charge is -2.15. The molecule has 1 amide bonds. The van der Waals surface area contributed by atoms with Crippen LogP contribution in [0.5, 0.6) is 5.75 Å². The van der Waals surface area contributed by atoms with E-state index in [0.29, 0.717) is 19.6 Å². The van der Waals surface area contributed by atoms with Crippen LogP contribution in [0.3, 0.4) is 0 Å². The number of rotatable bonds is 4. The van der Waals surface area contributed by atoms with E-state index in [1.807, 2.05) is 36.1 Å². The molecule has 2 rings (SSSR count). The fraction of sp³-hybridized carbons (Fsp3) is 0.500. The van der Waals surface area contributed by atoms with Gasteiger partial charge in [0.2, 0.25) is 5.91 Å². The van der Waals surface area contributed by atoms with Crippen molar-refractivity contribution in [2.75, 3.05) is 19.7 Å². The van der Waals surface area contributed by atoms with E-state index in [0.717, 1.165) is 24.3 Å². The molecule has 0 aliphatic carbocycles. The summed E-state index contributed by atoms with van der Waals surface area (Å²) in [6.45, 7) is 3.91. The summed E-state index contributed by atoms with van der Waals surface area (Å²) >= 11 is 0. The summed E-state index contributed by atoms with van der Waals surface area (Å²) in [7, 11) is 0. The Bertz CT molecular complexity index is 426. The van der Waals surface area contributed by atoms with Crippen molar-refractivity contribution in [3.63, 3.8) is 0 Å². The number of halogens is 1. The number of hydrogen-bond acceptors (Lipinski definition) is 3. The standard InChI is InChI=1S/C14H20N2O2.ClH/c1-11-3-2-4-13(9-11)18-8-6-14(17)16-7-5-12(15)10-16;/h2-4,9,12H,5-8,10,15H2,1H3;1H/t12-;/m0./s1. The van der Waals surface area contributed by atoms with Crippen LogP contribution in [0.4, 0.5) is 0 Å². The minimum Gasteiger partial charge on any atom is -0.493 e. The maximum atomic E-state index is 11.8. The van der Waals surface area contributed by atoms with Gasteiger partial charge in [0.15, 0.2) is 0 Å². The van der Waals surface area contributed by atoms with Crippen molar-refractivity contribution < 1.29 is 9.53 Å². The number of ether oxygens (including phenoxy) is 1. The van der Waals surface area contributed by atoms with E-state index in [-0.39, 0.29) is 24.4 Å². The Balaban J connectivity index is 0.00000180. The number of aryl methyl sites for hydroxylation is 1. The van der Waals surface area contributed by atoms with Crippen molar-refractivity contribution >= 4 is 18.3 Å². The molecule has 5 heteroatoms. The number of likely N-dealkylation sites (tertiary alicyclic amines) is 1. The number of nitrogens with zero attached hydrogens (tertiary/aromatic N) is 1. The van der Waals surface area contributed by atoms with Crippen LogP contribution >= 0.6 is 12.4 Å². The van der Waals surface area contributed by atoms with Crippen LogP contribution in [0.15, 0.2) is 24.3 Å². The highest BCUT2D eigenvalue weighted by molar-refractivity contribution is 5.85. The van der Waals surface area contributed by atoms with Gasteiger partial charge in [0.05, 0.1) is 13.0 Å². The van der Waals surface area contributed by atoms with Crippen molar-refractivity contribution in [2.24, 2.45) is 5.73 Å². The largest absolute Gasteiger partial charge is 0.493 e. The molecule has 1 atom stereocenters. The van der Waals surface area contributed by atoms with E-state index in [2.05, 4.69) is 0 Å². The molecule has 1 aromatic carbocycles. The van der Waals surface area contributed by atoms with E-state index >= 15 is 0 Å². The molecule has 0 bridgehead atoms. The normalized spacial score (nSPS) is 18.0. The van der Waals surface area contributed by atoms with Crippen LogP contribution < -0.4 is 10.5 Å². The predicted octanol–water partition coefficient (Wildman–Crippen LogP) is 1.75. The van der Waals surface area contributed by atoms with Crippen LogP contribution in [0.1, 0.15) is 18.4 Å². The highest BCUT2D eigenvalue weighted by atomic mass is 35.5. The second-order valence-corrected chi connectivity index (χ2v) is 4.80. The Hall–Kier alpha value is -1.26. The Morgan fingerprint density at radius 1 is 1.53 bits per heavy atom. The molecule has 2 N–H and O–H groups in total. The van der Waals surface area contributed by atoms with Crippen LogP contribution in [0, 0.1) is 6.92 Å². The molecule has 1 aliphatic heterocycles. The second kappa shape index (κ2) is 7.36. The molecule has 0 spiro atoms.